The molecule has 5 heteroatoms. The molecule has 1 saturated heterocycles. The molecule has 2 aromatic carbocycles. The molecule has 1 aliphatic heterocycles. The summed E-state index contributed by atoms with van der Waals surface area (Å²) in [4.78, 5) is 28.0. The summed E-state index contributed by atoms with van der Waals surface area (Å²) in [7, 11) is 3.30. The fourth-order valence-electron chi connectivity index (χ4n) is 2.99. The van der Waals surface area contributed by atoms with E-state index in [0.29, 0.717) is 24.4 Å². The predicted molar refractivity (Wildman–Crippen MR) is 93.2 cm³/mol. The molecule has 5 nitrogen and oxygen atoms in total. The van der Waals surface area contributed by atoms with Gasteiger partial charge in [-0.05, 0) is 22.9 Å². The van der Waals surface area contributed by atoms with Crippen LogP contribution in [0.3, 0.4) is 0 Å². The van der Waals surface area contributed by atoms with Gasteiger partial charge in [-0.1, -0.05) is 36.9 Å². The molecular formula is C19H20N2O3. The van der Waals surface area contributed by atoms with Gasteiger partial charge in [0.15, 0.2) is 0 Å². The van der Waals surface area contributed by atoms with Crippen LogP contribution in [0.15, 0.2) is 49.1 Å². The first-order chi connectivity index (χ1) is 11.6. The van der Waals surface area contributed by atoms with Crippen LogP contribution in [0.25, 0.3) is 10.8 Å². The average Bonchev–Trinajstić information content (AvgIpc) is 2.58. The Morgan fingerprint density at radius 2 is 1.96 bits per heavy atom. The number of methoxy groups -OCH3 is 1. The van der Waals surface area contributed by atoms with Gasteiger partial charge in [0, 0.05) is 20.1 Å². The maximum atomic E-state index is 13.0. The Hall–Kier alpha value is -2.82. The Morgan fingerprint density at radius 1 is 1.25 bits per heavy atom. The van der Waals surface area contributed by atoms with Crippen molar-refractivity contribution in [2.45, 2.75) is 6.04 Å². The van der Waals surface area contributed by atoms with Gasteiger partial charge < -0.3 is 14.5 Å². The summed E-state index contributed by atoms with van der Waals surface area (Å²) in [6.45, 7) is 4.52. The number of ether oxygens (including phenoxy) is 1. The van der Waals surface area contributed by atoms with Crippen molar-refractivity contribution in [1.82, 2.24) is 9.80 Å². The van der Waals surface area contributed by atoms with E-state index in [0.717, 1.165) is 10.8 Å². The molecule has 2 amide bonds. The normalized spacial score (nSPS) is 14.2. The summed E-state index contributed by atoms with van der Waals surface area (Å²) in [6, 6.07) is 11.5. The Balaban J connectivity index is 1.86. The third-order valence-electron chi connectivity index (χ3n) is 4.54. The van der Waals surface area contributed by atoms with Crippen molar-refractivity contribution in [2.75, 3.05) is 27.2 Å². The Labute approximate surface area is 141 Å². The van der Waals surface area contributed by atoms with Gasteiger partial charge in [-0.3, -0.25) is 9.59 Å². The number of hydrogen-bond donors (Lipinski definition) is 0. The third kappa shape index (κ3) is 2.62. The van der Waals surface area contributed by atoms with Crippen molar-refractivity contribution in [2.24, 2.45) is 0 Å². The zero-order valence-corrected chi connectivity index (χ0v) is 13.9. The number of amides is 2. The SMILES string of the molecule is C=CC(=O)N(C)C1CN(C(=O)c2c(OC)ccc3ccccc23)C1. The van der Waals surface area contributed by atoms with E-state index in [1.165, 1.54) is 6.08 Å². The van der Waals surface area contributed by atoms with Crippen LogP contribution >= 0.6 is 0 Å². The number of likely N-dealkylation sites (N-methyl/N-ethyl adjacent to an activating group) is 1. The van der Waals surface area contributed by atoms with Gasteiger partial charge in [-0.2, -0.15) is 0 Å². The highest BCUT2D eigenvalue weighted by Gasteiger charge is 2.36. The second-order valence-corrected chi connectivity index (χ2v) is 5.88. The zero-order valence-electron chi connectivity index (χ0n) is 13.9. The summed E-state index contributed by atoms with van der Waals surface area (Å²) in [5.74, 6) is 0.367. The van der Waals surface area contributed by atoms with Crippen LogP contribution < -0.4 is 4.74 Å². The van der Waals surface area contributed by atoms with Gasteiger partial charge in [0.25, 0.3) is 5.91 Å². The molecule has 1 fully saturated rings. The van der Waals surface area contributed by atoms with Gasteiger partial charge in [-0.15, -0.1) is 0 Å². The lowest BCUT2D eigenvalue weighted by Crippen LogP contribution is -2.61. The molecule has 0 unspecified atom stereocenters. The van der Waals surface area contributed by atoms with Crippen molar-refractivity contribution < 1.29 is 14.3 Å². The molecule has 0 atom stereocenters. The lowest BCUT2D eigenvalue weighted by molar-refractivity contribution is -0.129. The van der Waals surface area contributed by atoms with E-state index in [1.807, 2.05) is 36.4 Å². The number of benzene rings is 2. The minimum absolute atomic E-state index is 0.0282. The fraction of sp³-hybridized carbons (Fsp3) is 0.263. The van der Waals surface area contributed by atoms with E-state index in [4.69, 9.17) is 4.74 Å². The predicted octanol–water partition coefficient (Wildman–Crippen LogP) is 2.32. The van der Waals surface area contributed by atoms with Crippen LogP contribution in [0.4, 0.5) is 0 Å². The second-order valence-electron chi connectivity index (χ2n) is 5.88. The molecule has 0 aliphatic carbocycles. The van der Waals surface area contributed by atoms with Crippen molar-refractivity contribution in [3.05, 3.63) is 54.6 Å². The lowest BCUT2D eigenvalue weighted by atomic mass is 9.99. The minimum atomic E-state index is -0.130. The standard InChI is InChI=1S/C19H20N2O3/c1-4-17(22)20(2)14-11-21(12-14)19(23)18-15-8-6-5-7-13(15)9-10-16(18)24-3/h4-10,14H,1,11-12H2,2-3H3. The number of hydrogen-bond acceptors (Lipinski definition) is 3. The zero-order chi connectivity index (χ0) is 17.3. The lowest BCUT2D eigenvalue weighted by Gasteiger charge is -2.43. The Bertz CT molecular complexity index is 809. The molecule has 24 heavy (non-hydrogen) atoms. The molecule has 0 aromatic heterocycles. The summed E-state index contributed by atoms with van der Waals surface area (Å²) >= 11 is 0. The first-order valence-corrected chi connectivity index (χ1v) is 7.81. The Kier molecular flexibility index (Phi) is 4.25. The van der Waals surface area contributed by atoms with E-state index in [1.54, 1.807) is 24.0 Å². The summed E-state index contributed by atoms with van der Waals surface area (Å²) in [5.41, 5.74) is 0.576. The maximum Gasteiger partial charge on any atom is 0.258 e. The number of nitrogens with zero attached hydrogens (tertiary/aromatic N) is 2. The van der Waals surface area contributed by atoms with E-state index in [-0.39, 0.29) is 17.9 Å². The van der Waals surface area contributed by atoms with Gasteiger partial charge >= 0.3 is 0 Å². The van der Waals surface area contributed by atoms with Gasteiger partial charge in [0.2, 0.25) is 5.91 Å². The van der Waals surface area contributed by atoms with Crippen molar-refractivity contribution in [3.63, 3.8) is 0 Å². The molecule has 0 N–H and O–H groups in total. The Morgan fingerprint density at radius 3 is 2.62 bits per heavy atom. The first kappa shape index (κ1) is 16.1. The van der Waals surface area contributed by atoms with E-state index >= 15 is 0 Å². The fourth-order valence-corrected chi connectivity index (χ4v) is 2.99. The molecule has 124 valence electrons. The molecule has 0 bridgehead atoms. The summed E-state index contributed by atoms with van der Waals surface area (Å²) in [6.07, 6.45) is 1.29. The maximum absolute atomic E-state index is 13.0. The number of fused-ring (bicyclic) bond motifs is 1. The summed E-state index contributed by atoms with van der Waals surface area (Å²) < 4.78 is 5.40. The van der Waals surface area contributed by atoms with E-state index in [2.05, 4.69) is 6.58 Å². The molecule has 3 rings (SSSR count). The first-order valence-electron chi connectivity index (χ1n) is 7.81. The van der Waals surface area contributed by atoms with Crippen molar-refractivity contribution in [3.8, 4) is 5.75 Å². The smallest absolute Gasteiger partial charge is 0.258 e. The van der Waals surface area contributed by atoms with Crippen LogP contribution in [0.5, 0.6) is 5.75 Å². The quantitative estimate of drug-likeness (QED) is 0.811. The largest absolute Gasteiger partial charge is 0.496 e. The molecule has 2 aromatic rings. The number of likely N-dealkylation sites (tertiary alicyclic amines) is 1. The monoisotopic (exact) mass is 324 g/mol. The van der Waals surface area contributed by atoms with Crippen LogP contribution in [0.2, 0.25) is 0 Å². The number of carbonyl (C=O) groups is 2. The van der Waals surface area contributed by atoms with E-state index in [9.17, 15) is 9.59 Å². The van der Waals surface area contributed by atoms with Crippen LogP contribution in [-0.2, 0) is 4.79 Å². The topological polar surface area (TPSA) is 49.9 Å². The molecule has 1 aliphatic rings. The van der Waals surface area contributed by atoms with Gasteiger partial charge in [0.05, 0.1) is 18.7 Å². The van der Waals surface area contributed by atoms with Crippen molar-refractivity contribution in [1.29, 1.82) is 0 Å². The third-order valence-corrected chi connectivity index (χ3v) is 4.54. The van der Waals surface area contributed by atoms with Crippen LogP contribution in [-0.4, -0.2) is 54.9 Å². The second kappa shape index (κ2) is 6.35. The average molecular weight is 324 g/mol. The number of carbonyl (C=O) groups excluding carboxylic acids is 2. The van der Waals surface area contributed by atoms with Crippen molar-refractivity contribution >= 4 is 22.6 Å². The highest BCUT2D eigenvalue weighted by atomic mass is 16.5. The van der Waals surface area contributed by atoms with Gasteiger partial charge in [-0.25, -0.2) is 0 Å². The molecule has 0 spiro atoms. The molecule has 0 saturated carbocycles. The van der Waals surface area contributed by atoms with E-state index < -0.39 is 0 Å². The minimum Gasteiger partial charge on any atom is -0.496 e. The summed E-state index contributed by atoms with van der Waals surface area (Å²) in [5, 5.41) is 1.87. The molecule has 0 radical (unpaired) electrons. The van der Waals surface area contributed by atoms with Crippen LogP contribution in [0, 0.1) is 0 Å². The highest BCUT2D eigenvalue weighted by Crippen LogP contribution is 2.30. The molecular weight excluding hydrogens is 304 g/mol. The van der Waals surface area contributed by atoms with Gasteiger partial charge in [0.1, 0.15) is 5.75 Å². The highest BCUT2D eigenvalue weighted by molar-refractivity contribution is 6.09. The van der Waals surface area contributed by atoms with Crippen LogP contribution in [0.1, 0.15) is 10.4 Å². The molecule has 1 heterocycles. The number of rotatable bonds is 4.